The summed E-state index contributed by atoms with van der Waals surface area (Å²) in [4.78, 5) is 13.2. The van der Waals surface area contributed by atoms with Crippen molar-refractivity contribution in [1.29, 1.82) is 0 Å². The molecule has 0 unspecified atom stereocenters. The van der Waals surface area contributed by atoms with Crippen LogP contribution in [-0.2, 0) is 4.74 Å². The first kappa shape index (κ1) is 14.3. The molecular weight excluding hydrogens is 289 g/mol. The molecule has 6 heteroatoms. The minimum Gasteiger partial charge on any atom is -0.488 e. The number of carbonyl (C=O) groups excluding carboxylic acids is 1. The van der Waals surface area contributed by atoms with Crippen molar-refractivity contribution in [2.45, 2.75) is 26.0 Å². The van der Waals surface area contributed by atoms with E-state index >= 15 is 0 Å². The quantitative estimate of drug-likeness (QED) is 0.853. The van der Waals surface area contributed by atoms with E-state index in [1.54, 1.807) is 23.1 Å². The van der Waals surface area contributed by atoms with E-state index in [9.17, 15) is 4.79 Å². The van der Waals surface area contributed by atoms with Gasteiger partial charge in [0.15, 0.2) is 6.10 Å². The zero-order valence-corrected chi connectivity index (χ0v) is 12.2. The van der Waals surface area contributed by atoms with E-state index in [1.807, 2.05) is 13.8 Å². The van der Waals surface area contributed by atoms with Gasteiger partial charge in [-0.1, -0.05) is 23.2 Å². The summed E-state index contributed by atoms with van der Waals surface area (Å²) in [7, 11) is 0. The normalized spacial score (nSPS) is 18.9. The van der Waals surface area contributed by atoms with Crippen molar-refractivity contribution in [3.63, 3.8) is 0 Å². The highest BCUT2D eigenvalue weighted by molar-refractivity contribution is 6.35. The lowest BCUT2D eigenvalue weighted by Gasteiger charge is -2.17. The van der Waals surface area contributed by atoms with Gasteiger partial charge >= 0.3 is 6.09 Å². The zero-order valence-electron chi connectivity index (χ0n) is 10.7. The van der Waals surface area contributed by atoms with E-state index in [1.165, 1.54) is 0 Å². The highest BCUT2D eigenvalue weighted by Crippen LogP contribution is 2.28. The van der Waals surface area contributed by atoms with Crippen LogP contribution in [0.2, 0.25) is 10.0 Å². The van der Waals surface area contributed by atoms with Crippen LogP contribution in [0, 0.1) is 0 Å². The molecule has 1 aliphatic rings. The number of cyclic esters (lactones) is 1. The first-order chi connectivity index (χ1) is 8.97. The molecule has 0 saturated carbocycles. The van der Waals surface area contributed by atoms with Crippen LogP contribution in [-0.4, -0.2) is 36.3 Å². The molecule has 0 spiro atoms. The average Bonchev–Trinajstić information content (AvgIpc) is 2.69. The van der Waals surface area contributed by atoms with Gasteiger partial charge in [-0.2, -0.15) is 0 Å². The fourth-order valence-electron chi connectivity index (χ4n) is 1.82. The molecule has 1 heterocycles. The molecule has 0 N–H and O–H groups in total. The Bertz CT molecular complexity index is 479. The van der Waals surface area contributed by atoms with Crippen LogP contribution in [0.5, 0.6) is 5.75 Å². The molecule has 2 rings (SSSR count). The van der Waals surface area contributed by atoms with Crippen LogP contribution in [0.1, 0.15) is 13.8 Å². The summed E-state index contributed by atoms with van der Waals surface area (Å²) in [6, 6.07) is 5.13. The van der Waals surface area contributed by atoms with E-state index in [4.69, 9.17) is 32.7 Å². The lowest BCUT2D eigenvalue weighted by Crippen LogP contribution is -2.32. The maximum absolute atomic E-state index is 11.6. The van der Waals surface area contributed by atoms with Crippen LogP contribution in [0.4, 0.5) is 4.79 Å². The molecule has 1 aromatic rings. The third-order valence-corrected chi connectivity index (χ3v) is 3.37. The van der Waals surface area contributed by atoms with E-state index in [0.717, 1.165) is 0 Å². The van der Waals surface area contributed by atoms with Crippen molar-refractivity contribution in [2.75, 3.05) is 13.2 Å². The number of carbonyl (C=O) groups is 1. The van der Waals surface area contributed by atoms with Crippen LogP contribution in [0.15, 0.2) is 18.2 Å². The summed E-state index contributed by atoms with van der Waals surface area (Å²) in [6.07, 6.45) is -0.576. The van der Waals surface area contributed by atoms with Crippen LogP contribution in [0.3, 0.4) is 0 Å². The summed E-state index contributed by atoms with van der Waals surface area (Å²) >= 11 is 11.8. The monoisotopic (exact) mass is 303 g/mol. The Kier molecular flexibility index (Phi) is 4.42. The third kappa shape index (κ3) is 3.45. The summed E-state index contributed by atoms with van der Waals surface area (Å²) in [6.45, 7) is 4.69. The Balaban J connectivity index is 1.91. The number of hydrogen-bond acceptors (Lipinski definition) is 3. The maximum atomic E-state index is 11.6. The van der Waals surface area contributed by atoms with Crippen LogP contribution in [0.25, 0.3) is 0 Å². The van der Waals surface area contributed by atoms with E-state index in [2.05, 4.69) is 0 Å². The zero-order chi connectivity index (χ0) is 14.0. The maximum Gasteiger partial charge on any atom is 0.410 e. The second kappa shape index (κ2) is 5.88. The average molecular weight is 304 g/mol. The van der Waals surface area contributed by atoms with Gasteiger partial charge in [-0.25, -0.2) is 4.79 Å². The second-order valence-corrected chi connectivity index (χ2v) is 5.48. The number of rotatable bonds is 4. The third-order valence-electron chi connectivity index (χ3n) is 2.84. The lowest BCUT2D eigenvalue weighted by molar-refractivity contribution is 0.102. The molecule has 0 aliphatic carbocycles. The molecule has 1 atom stereocenters. The molecule has 1 aliphatic heterocycles. The molecule has 0 aromatic heterocycles. The smallest absolute Gasteiger partial charge is 0.410 e. The fourth-order valence-corrected chi connectivity index (χ4v) is 2.29. The van der Waals surface area contributed by atoms with Crippen molar-refractivity contribution in [2.24, 2.45) is 0 Å². The second-order valence-electron chi connectivity index (χ2n) is 4.64. The Morgan fingerprint density at radius 2 is 2.21 bits per heavy atom. The van der Waals surface area contributed by atoms with E-state index in [0.29, 0.717) is 22.3 Å². The van der Waals surface area contributed by atoms with Gasteiger partial charge in [-0.15, -0.1) is 0 Å². The molecule has 19 heavy (non-hydrogen) atoms. The van der Waals surface area contributed by atoms with Crippen molar-refractivity contribution < 1.29 is 14.3 Å². The van der Waals surface area contributed by atoms with Gasteiger partial charge in [0.25, 0.3) is 0 Å². The minimum absolute atomic E-state index is 0.122. The number of halogens is 2. The van der Waals surface area contributed by atoms with Gasteiger partial charge in [0.2, 0.25) is 0 Å². The predicted octanol–water partition coefficient (Wildman–Crippen LogP) is 3.60. The van der Waals surface area contributed by atoms with Crippen molar-refractivity contribution >= 4 is 29.3 Å². The van der Waals surface area contributed by atoms with Crippen LogP contribution >= 0.6 is 23.2 Å². The summed E-state index contributed by atoms with van der Waals surface area (Å²) in [5.74, 6) is 0.533. The van der Waals surface area contributed by atoms with Gasteiger partial charge in [0.1, 0.15) is 12.4 Å². The van der Waals surface area contributed by atoms with Gasteiger partial charge in [-0.3, -0.25) is 0 Å². The molecule has 0 bridgehead atoms. The Labute approximate surface area is 122 Å². The Hall–Kier alpha value is -1.13. The molecular formula is C13H15Cl2NO3. The predicted molar refractivity (Wildman–Crippen MR) is 74.1 cm³/mol. The number of nitrogens with zero attached hydrogens (tertiary/aromatic N) is 1. The fraction of sp³-hybridized carbons (Fsp3) is 0.462. The summed E-state index contributed by atoms with van der Waals surface area (Å²) < 4.78 is 10.8. The standard InChI is InChI=1S/C13H15Cl2NO3/c1-8(2)16-6-10(19-13(16)17)7-18-12-4-3-9(14)5-11(12)15/h3-5,8,10H,6-7H2,1-2H3/t10-/m0/s1. The molecule has 1 amide bonds. The van der Waals surface area contributed by atoms with Gasteiger partial charge in [0.05, 0.1) is 11.6 Å². The van der Waals surface area contributed by atoms with Gasteiger partial charge < -0.3 is 14.4 Å². The van der Waals surface area contributed by atoms with Gasteiger partial charge in [-0.05, 0) is 32.0 Å². The van der Waals surface area contributed by atoms with Crippen LogP contribution < -0.4 is 4.74 Å². The highest BCUT2D eigenvalue weighted by Gasteiger charge is 2.33. The summed E-state index contributed by atoms with van der Waals surface area (Å²) in [5, 5.41) is 0.994. The first-order valence-electron chi connectivity index (χ1n) is 6.02. The highest BCUT2D eigenvalue weighted by atomic mass is 35.5. The van der Waals surface area contributed by atoms with Gasteiger partial charge in [0, 0.05) is 11.1 Å². The van der Waals surface area contributed by atoms with Crippen molar-refractivity contribution in [3.8, 4) is 5.75 Å². The van der Waals surface area contributed by atoms with E-state index in [-0.39, 0.29) is 24.8 Å². The molecule has 4 nitrogen and oxygen atoms in total. The number of hydrogen-bond donors (Lipinski definition) is 0. The van der Waals surface area contributed by atoms with Crippen molar-refractivity contribution in [1.82, 2.24) is 4.90 Å². The first-order valence-corrected chi connectivity index (χ1v) is 6.78. The topological polar surface area (TPSA) is 38.8 Å². The lowest BCUT2D eigenvalue weighted by atomic mass is 10.3. The number of benzene rings is 1. The molecule has 1 fully saturated rings. The Morgan fingerprint density at radius 3 is 2.79 bits per heavy atom. The Morgan fingerprint density at radius 1 is 1.47 bits per heavy atom. The van der Waals surface area contributed by atoms with Crippen molar-refractivity contribution in [3.05, 3.63) is 28.2 Å². The SMILES string of the molecule is CC(C)N1C[C@@H](COc2ccc(Cl)cc2Cl)OC1=O. The number of ether oxygens (including phenoxy) is 2. The van der Waals surface area contributed by atoms with E-state index < -0.39 is 0 Å². The summed E-state index contributed by atoms with van der Waals surface area (Å²) in [5.41, 5.74) is 0. The number of amides is 1. The molecule has 0 radical (unpaired) electrons. The minimum atomic E-state index is -0.300. The molecule has 1 saturated heterocycles. The largest absolute Gasteiger partial charge is 0.488 e. The molecule has 1 aromatic carbocycles. The molecule has 104 valence electrons.